The smallest absolute Gasteiger partial charge is 0.159 e. The van der Waals surface area contributed by atoms with Crippen LogP contribution in [0.2, 0.25) is 0 Å². The number of furan rings is 1. The third kappa shape index (κ3) is 6.44. The number of para-hydroxylation sites is 1. The number of fused-ring (bicyclic) bond motifs is 6. The molecule has 11 aromatic carbocycles. The van der Waals surface area contributed by atoms with E-state index >= 15 is 0 Å². The zero-order valence-electron chi connectivity index (χ0n) is 35.0. The number of hydrogen-bond acceptors (Lipinski definition) is 2. The molecular formula is C62H41NO. The first kappa shape index (κ1) is 37.3. The normalized spacial score (nSPS) is 11.4. The summed E-state index contributed by atoms with van der Waals surface area (Å²) in [5.74, 6) is 0. The zero-order chi connectivity index (χ0) is 42.4. The van der Waals surface area contributed by atoms with E-state index in [1.165, 1.54) is 43.8 Å². The maximum atomic E-state index is 7.18. The third-order valence-corrected chi connectivity index (χ3v) is 12.7. The molecule has 12 aromatic rings. The molecule has 0 fully saturated rings. The van der Waals surface area contributed by atoms with Crippen molar-refractivity contribution >= 4 is 60.5 Å². The minimum Gasteiger partial charge on any atom is -0.453 e. The average molecular weight is 816 g/mol. The Bertz CT molecular complexity index is 3610. The highest BCUT2D eigenvalue weighted by Crippen LogP contribution is 2.48. The first-order valence-electron chi connectivity index (χ1n) is 21.9. The van der Waals surface area contributed by atoms with Crippen molar-refractivity contribution in [1.29, 1.82) is 0 Å². The lowest BCUT2D eigenvalue weighted by Gasteiger charge is -2.27. The Morgan fingerprint density at radius 3 is 1.20 bits per heavy atom. The molecule has 12 rings (SSSR count). The van der Waals surface area contributed by atoms with E-state index in [0.29, 0.717) is 0 Å². The van der Waals surface area contributed by atoms with Crippen molar-refractivity contribution in [3.8, 4) is 55.6 Å². The Morgan fingerprint density at radius 2 is 0.656 bits per heavy atom. The molecule has 64 heavy (non-hydrogen) atoms. The summed E-state index contributed by atoms with van der Waals surface area (Å²) in [6.45, 7) is 0. The van der Waals surface area contributed by atoms with Gasteiger partial charge in [0.05, 0.1) is 5.69 Å². The van der Waals surface area contributed by atoms with E-state index in [0.717, 1.165) is 72.4 Å². The number of anilines is 3. The Morgan fingerprint density at radius 1 is 0.250 bits per heavy atom. The van der Waals surface area contributed by atoms with Gasteiger partial charge in [0.2, 0.25) is 0 Å². The summed E-state index contributed by atoms with van der Waals surface area (Å²) < 4.78 is 7.18. The van der Waals surface area contributed by atoms with Crippen LogP contribution in [0.25, 0.3) is 99.1 Å². The molecule has 0 aliphatic carbocycles. The largest absolute Gasteiger partial charge is 0.453 e. The molecule has 1 heterocycles. The Kier molecular flexibility index (Phi) is 9.20. The highest BCUT2D eigenvalue weighted by Gasteiger charge is 2.24. The highest BCUT2D eigenvalue weighted by molar-refractivity contribution is 6.22. The van der Waals surface area contributed by atoms with Crippen molar-refractivity contribution in [3.63, 3.8) is 0 Å². The van der Waals surface area contributed by atoms with Crippen LogP contribution in [-0.2, 0) is 0 Å². The van der Waals surface area contributed by atoms with Crippen molar-refractivity contribution in [1.82, 2.24) is 0 Å². The summed E-state index contributed by atoms with van der Waals surface area (Å²) in [7, 11) is 0. The van der Waals surface area contributed by atoms with Crippen molar-refractivity contribution in [2.24, 2.45) is 0 Å². The maximum Gasteiger partial charge on any atom is 0.159 e. The standard InChI is InChI=1S/C62H41NO/c1-5-18-42(19-6-1)44-32-36-49(37-33-44)63(58-41-48(43-20-7-2-8-21-43)40-57-56-31-17-30-51(61(56)64-62(57)58)45-22-9-3-10-23-45)50-38-34-47(35-39-50)60-55-29-16-14-27-53(55)52-26-13-15-28-54(52)59(60)46-24-11-4-12-25-46/h1-41H. The molecule has 2 nitrogen and oxygen atoms in total. The number of benzene rings is 11. The minimum absolute atomic E-state index is 0.834. The second kappa shape index (κ2) is 15.8. The minimum atomic E-state index is 0.834. The van der Waals surface area contributed by atoms with Crippen molar-refractivity contribution < 1.29 is 4.42 Å². The molecule has 0 saturated heterocycles. The molecule has 0 atom stereocenters. The van der Waals surface area contributed by atoms with Crippen molar-refractivity contribution in [3.05, 3.63) is 249 Å². The summed E-state index contributed by atoms with van der Waals surface area (Å²) in [5.41, 5.74) is 16.4. The van der Waals surface area contributed by atoms with E-state index in [2.05, 4.69) is 254 Å². The highest BCUT2D eigenvalue weighted by atomic mass is 16.3. The number of hydrogen-bond donors (Lipinski definition) is 0. The molecule has 2 heteroatoms. The van der Waals surface area contributed by atoms with E-state index in [1.54, 1.807) is 0 Å². The molecular weight excluding hydrogens is 775 g/mol. The SMILES string of the molecule is c1ccc(-c2ccc(N(c3ccc(-c4c(-c5ccccc5)c5ccccc5c5ccccc45)cc3)c3cc(-c4ccccc4)cc4c3oc3c(-c5ccccc5)cccc34)cc2)cc1. The van der Waals surface area contributed by atoms with Crippen molar-refractivity contribution in [2.45, 2.75) is 0 Å². The quantitative estimate of drug-likeness (QED) is 0.142. The summed E-state index contributed by atoms with van der Waals surface area (Å²) >= 11 is 0. The van der Waals surface area contributed by atoms with Crippen LogP contribution >= 0.6 is 0 Å². The van der Waals surface area contributed by atoms with Crippen LogP contribution in [0.3, 0.4) is 0 Å². The lowest BCUT2D eigenvalue weighted by molar-refractivity contribution is 0.670. The van der Waals surface area contributed by atoms with Crippen LogP contribution in [-0.4, -0.2) is 0 Å². The fraction of sp³-hybridized carbons (Fsp3) is 0. The van der Waals surface area contributed by atoms with Gasteiger partial charge in [0, 0.05) is 27.7 Å². The zero-order valence-corrected chi connectivity index (χ0v) is 35.0. The fourth-order valence-electron chi connectivity index (χ4n) is 9.67. The fourth-order valence-corrected chi connectivity index (χ4v) is 9.67. The van der Waals surface area contributed by atoms with E-state index < -0.39 is 0 Å². The summed E-state index contributed by atoms with van der Waals surface area (Å²) in [6.07, 6.45) is 0. The molecule has 0 bridgehead atoms. The summed E-state index contributed by atoms with van der Waals surface area (Å²) in [6, 6.07) is 89.5. The molecule has 0 saturated carbocycles. The Balaban J connectivity index is 1.11. The van der Waals surface area contributed by atoms with Gasteiger partial charge in [-0.1, -0.05) is 212 Å². The van der Waals surface area contributed by atoms with Gasteiger partial charge in [0.15, 0.2) is 5.58 Å². The van der Waals surface area contributed by atoms with E-state index in [4.69, 9.17) is 4.42 Å². The topological polar surface area (TPSA) is 16.4 Å². The summed E-state index contributed by atoms with van der Waals surface area (Å²) in [5, 5.41) is 7.13. The van der Waals surface area contributed by atoms with E-state index in [9.17, 15) is 0 Å². The van der Waals surface area contributed by atoms with Crippen LogP contribution in [0.4, 0.5) is 17.1 Å². The van der Waals surface area contributed by atoms with Crippen LogP contribution in [0.1, 0.15) is 0 Å². The van der Waals surface area contributed by atoms with Crippen LogP contribution in [0.5, 0.6) is 0 Å². The van der Waals surface area contributed by atoms with Crippen LogP contribution in [0.15, 0.2) is 253 Å². The first-order chi connectivity index (χ1) is 31.8. The second-order valence-corrected chi connectivity index (χ2v) is 16.4. The number of nitrogens with zero attached hydrogens (tertiary/aromatic N) is 1. The first-order valence-corrected chi connectivity index (χ1v) is 21.9. The van der Waals surface area contributed by atoms with Gasteiger partial charge < -0.3 is 9.32 Å². The van der Waals surface area contributed by atoms with E-state index in [-0.39, 0.29) is 0 Å². The van der Waals surface area contributed by atoms with Gasteiger partial charge in [0.25, 0.3) is 0 Å². The maximum absolute atomic E-state index is 7.18. The van der Waals surface area contributed by atoms with Crippen LogP contribution < -0.4 is 4.90 Å². The summed E-state index contributed by atoms with van der Waals surface area (Å²) in [4.78, 5) is 2.37. The van der Waals surface area contributed by atoms with Gasteiger partial charge in [0.1, 0.15) is 5.58 Å². The molecule has 0 N–H and O–H groups in total. The Labute approximate surface area is 372 Å². The molecule has 0 amide bonds. The van der Waals surface area contributed by atoms with Gasteiger partial charge in [-0.15, -0.1) is 0 Å². The molecule has 1 aromatic heterocycles. The van der Waals surface area contributed by atoms with Gasteiger partial charge in [-0.3, -0.25) is 0 Å². The molecule has 0 spiro atoms. The van der Waals surface area contributed by atoms with Gasteiger partial charge in [-0.05, 0) is 108 Å². The average Bonchev–Trinajstić information content (AvgIpc) is 3.77. The lowest BCUT2D eigenvalue weighted by Crippen LogP contribution is -2.10. The lowest BCUT2D eigenvalue weighted by atomic mass is 9.85. The molecule has 0 aliphatic rings. The van der Waals surface area contributed by atoms with Crippen LogP contribution in [0, 0.1) is 0 Å². The van der Waals surface area contributed by atoms with Gasteiger partial charge >= 0.3 is 0 Å². The monoisotopic (exact) mass is 815 g/mol. The van der Waals surface area contributed by atoms with E-state index in [1.807, 2.05) is 0 Å². The third-order valence-electron chi connectivity index (χ3n) is 12.7. The predicted molar refractivity (Wildman–Crippen MR) is 271 cm³/mol. The van der Waals surface area contributed by atoms with Gasteiger partial charge in [-0.2, -0.15) is 0 Å². The van der Waals surface area contributed by atoms with Crippen molar-refractivity contribution in [2.75, 3.05) is 4.90 Å². The molecule has 0 unspecified atom stereocenters. The number of rotatable bonds is 8. The predicted octanol–water partition coefficient (Wildman–Crippen LogP) is 17.7. The second-order valence-electron chi connectivity index (χ2n) is 16.4. The Hall–Kier alpha value is -8.46. The molecule has 300 valence electrons. The van der Waals surface area contributed by atoms with Gasteiger partial charge in [-0.25, -0.2) is 0 Å². The molecule has 0 aliphatic heterocycles. The molecule has 0 radical (unpaired) electrons.